The lowest BCUT2D eigenvalue weighted by Gasteiger charge is -2.26. The first-order chi connectivity index (χ1) is 13.5. The largest absolute Gasteiger partial charge is 0.496 e. The molecule has 2 rings (SSSR count). The van der Waals surface area contributed by atoms with Crippen LogP contribution < -0.4 is 15.4 Å². The van der Waals surface area contributed by atoms with Crippen LogP contribution in [0.3, 0.4) is 0 Å². The smallest absolute Gasteiger partial charge is 0.191 e. The Balaban J connectivity index is 2.16. The molecule has 5 nitrogen and oxygen atoms in total. The molecule has 2 N–H and O–H groups in total. The van der Waals surface area contributed by atoms with E-state index in [2.05, 4.69) is 15.6 Å². The fourth-order valence-corrected chi connectivity index (χ4v) is 2.90. The van der Waals surface area contributed by atoms with E-state index in [0.717, 1.165) is 11.3 Å². The third kappa shape index (κ3) is 5.66. The fourth-order valence-electron chi connectivity index (χ4n) is 2.90. The Morgan fingerprint density at radius 3 is 2.36 bits per heavy atom. The minimum absolute atomic E-state index is 0.0422. The maximum absolute atomic E-state index is 14.2. The van der Waals surface area contributed by atoms with Crippen molar-refractivity contribution in [2.45, 2.75) is 19.5 Å². The van der Waals surface area contributed by atoms with Gasteiger partial charge in [0.25, 0.3) is 0 Å². The van der Waals surface area contributed by atoms with Gasteiger partial charge < -0.3 is 20.3 Å². The van der Waals surface area contributed by atoms with Crippen molar-refractivity contribution < 1.29 is 13.5 Å². The SMILES string of the molecule is CCNC(=NCc1ccccc1OC)NCC(c1c(F)cccc1F)N(C)C. The molecule has 2 aromatic rings. The second kappa shape index (κ2) is 10.6. The molecule has 7 heteroatoms. The van der Waals surface area contributed by atoms with Gasteiger partial charge in [0.05, 0.1) is 19.7 Å². The number of para-hydroxylation sites is 1. The van der Waals surface area contributed by atoms with E-state index >= 15 is 0 Å². The summed E-state index contributed by atoms with van der Waals surface area (Å²) >= 11 is 0. The van der Waals surface area contributed by atoms with Crippen LogP contribution in [0.15, 0.2) is 47.5 Å². The molecule has 0 aromatic heterocycles. The number of benzene rings is 2. The number of hydrogen-bond acceptors (Lipinski definition) is 3. The monoisotopic (exact) mass is 390 g/mol. The molecule has 0 spiro atoms. The van der Waals surface area contributed by atoms with E-state index in [1.807, 2.05) is 31.2 Å². The van der Waals surface area contributed by atoms with Gasteiger partial charge in [-0.25, -0.2) is 13.8 Å². The highest BCUT2D eigenvalue weighted by Crippen LogP contribution is 2.24. The quantitative estimate of drug-likeness (QED) is 0.536. The van der Waals surface area contributed by atoms with E-state index in [4.69, 9.17) is 4.74 Å². The topological polar surface area (TPSA) is 48.9 Å². The van der Waals surface area contributed by atoms with Gasteiger partial charge in [0.15, 0.2) is 5.96 Å². The molecule has 0 radical (unpaired) electrons. The Labute approximate surface area is 165 Å². The van der Waals surface area contributed by atoms with Gasteiger partial charge in [-0.15, -0.1) is 0 Å². The molecule has 1 unspecified atom stereocenters. The second-order valence-corrected chi connectivity index (χ2v) is 6.50. The Morgan fingerprint density at radius 1 is 1.07 bits per heavy atom. The van der Waals surface area contributed by atoms with Gasteiger partial charge in [0.1, 0.15) is 17.4 Å². The standard InChI is InChI=1S/C21H28F2N4O/c1-5-24-21(25-13-15-9-6-7-12-19(15)28-4)26-14-18(27(2)3)20-16(22)10-8-11-17(20)23/h6-12,18H,5,13-14H2,1-4H3,(H2,24,25,26). The van der Waals surface area contributed by atoms with Crippen LogP contribution in [-0.2, 0) is 6.54 Å². The van der Waals surface area contributed by atoms with Crippen molar-refractivity contribution in [1.82, 2.24) is 15.5 Å². The van der Waals surface area contributed by atoms with E-state index in [0.29, 0.717) is 25.6 Å². The number of guanidine groups is 1. The number of ether oxygens (including phenoxy) is 1. The molecule has 0 amide bonds. The van der Waals surface area contributed by atoms with E-state index in [1.165, 1.54) is 18.2 Å². The predicted molar refractivity (Wildman–Crippen MR) is 109 cm³/mol. The van der Waals surface area contributed by atoms with Crippen LogP contribution in [0.5, 0.6) is 5.75 Å². The molecule has 0 aliphatic carbocycles. The van der Waals surface area contributed by atoms with Crippen LogP contribution in [0.25, 0.3) is 0 Å². The highest BCUT2D eigenvalue weighted by Gasteiger charge is 2.22. The average Bonchev–Trinajstić information content (AvgIpc) is 2.68. The minimum atomic E-state index is -0.559. The number of likely N-dealkylation sites (N-methyl/N-ethyl adjacent to an activating group) is 1. The zero-order chi connectivity index (χ0) is 20.5. The summed E-state index contributed by atoms with van der Waals surface area (Å²) < 4.78 is 33.8. The first-order valence-electron chi connectivity index (χ1n) is 9.22. The highest BCUT2D eigenvalue weighted by molar-refractivity contribution is 5.79. The van der Waals surface area contributed by atoms with Gasteiger partial charge in [-0.1, -0.05) is 24.3 Å². The third-order valence-corrected chi connectivity index (χ3v) is 4.36. The molecule has 0 saturated carbocycles. The molecule has 28 heavy (non-hydrogen) atoms. The van der Waals surface area contributed by atoms with Crippen LogP contribution in [-0.4, -0.2) is 45.2 Å². The Morgan fingerprint density at radius 2 is 1.75 bits per heavy atom. The molecular weight excluding hydrogens is 362 g/mol. The van der Waals surface area contributed by atoms with E-state index in [-0.39, 0.29) is 5.56 Å². The summed E-state index contributed by atoms with van der Waals surface area (Å²) in [7, 11) is 5.20. The number of hydrogen-bond donors (Lipinski definition) is 2. The van der Waals surface area contributed by atoms with Crippen molar-refractivity contribution in [3.8, 4) is 5.75 Å². The minimum Gasteiger partial charge on any atom is -0.496 e. The zero-order valence-corrected chi connectivity index (χ0v) is 16.8. The summed E-state index contributed by atoms with van der Waals surface area (Å²) in [6.07, 6.45) is 0. The van der Waals surface area contributed by atoms with Gasteiger partial charge in [0.2, 0.25) is 0 Å². The molecular formula is C21H28F2N4O. The first-order valence-corrected chi connectivity index (χ1v) is 9.22. The van der Waals surface area contributed by atoms with Crippen molar-refractivity contribution in [2.24, 2.45) is 4.99 Å². The Bertz CT molecular complexity index is 775. The maximum Gasteiger partial charge on any atom is 0.191 e. The van der Waals surface area contributed by atoms with Crippen molar-refractivity contribution in [3.63, 3.8) is 0 Å². The summed E-state index contributed by atoms with van der Waals surface area (Å²) in [5.41, 5.74) is 0.993. The van der Waals surface area contributed by atoms with Crippen LogP contribution in [0.2, 0.25) is 0 Å². The molecule has 1 atom stereocenters. The predicted octanol–water partition coefficient (Wildman–Crippen LogP) is 3.33. The first kappa shape index (κ1) is 21.6. The van der Waals surface area contributed by atoms with Crippen molar-refractivity contribution in [1.29, 1.82) is 0 Å². The number of nitrogens with one attached hydrogen (secondary N) is 2. The van der Waals surface area contributed by atoms with E-state index < -0.39 is 17.7 Å². The van der Waals surface area contributed by atoms with Gasteiger partial charge in [-0.05, 0) is 39.2 Å². The summed E-state index contributed by atoms with van der Waals surface area (Å²) in [6, 6.07) is 11.1. The summed E-state index contributed by atoms with van der Waals surface area (Å²) in [4.78, 5) is 6.35. The lowest BCUT2D eigenvalue weighted by molar-refractivity contribution is 0.282. The summed E-state index contributed by atoms with van der Waals surface area (Å²) in [5.74, 6) is 0.214. The van der Waals surface area contributed by atoms with Gasteiger partial charge in [-0.3, -0.25) is 0 Å². The molecule has 0 bridgehead atoms. The van der Waals surface area contributed by atoms with Gasteiger partial charge >= 0.3 is 0 Å². The molecule has 0 heterocycles. The van der Waals surface area contributed by atoms with Crippen molar-refractivity contribution in [2.75, 3.05) is 34.3 Å². The van der Waals surface area contributed by atoms with Crippen molar-refractivity contribution >= 4 is 5.96 Å². The van der Waals surface area contributed by atoms with Gasteiger partial charge in [-0.2, -0.15) is 0 Å². The average molecular weight is 390 g/mol. The fraction of sp³-hybridized carbons (Fsp3) is 0.381. The second-order valence-electron chi connectivity index (χ2n) is 6.50. The number of halogens is 2. The third-order valence-electron chi connectivity index (χ3n) is 4.36. The molecule has 152 valence electrons. The summed E-state index contributed by atoms with van der Waals surface area (Å²) in [6.45, 7) is 3.33. The molecule has 0 aliphatic rings. The van der Waals surface area contributed by atoms with Crippen LogP contribution in [0.1, 0.15) is 24.1 Å². The lowest BCUT2D eigenvalue weighted by atomic mass is 10.0. The van der Waals surface area contributed by atoms with Crippen LogP contribution >= 0.6 is 0 Å². The van der Waals surface area contributed by atoms with Crippen LogP contribution in [0.4, 0.5) is 8.78 Å². The number of nitrogens with zero attached hydrogens (tertiary/aromatic N) is 2. The Hall–Kier alpha value is -2.67. The number of methoxy groups -OCH3 is 1. The molecule has 0 fully saturated rings. The summed E-state index contributed by atoms with van der Waals surface area (Å²) in [5, 5.41) is 6.34. The maximum atomic E-state index is 14.2. The van der Waals surface area contributed by atoms with Crippen LogP contribution in [0, 0.1) is 11.6 Å². The van der Waals surface area contributed by atoms with Gasteiger partial charge in [0, 0.05) is 24.2 Å². The molecule has 2 aromatic carbocycles. The molecule has 0 saturated heterocycles. The lowest BCUT2D eigenvalue weighted by Crippen LogP contribution is -2.42. The zero-order valence-electron chi connectivity index (χ0n) is 16.8. The van der Waals surface area contributed by atoms with E-state index in [1.54, 1.807) is 26.1 Å². The Kier molecular flexibility index (Phi) is 8.19. The molecule has 0 aliphatic heterocycles. The highest BCUT2D eigenvalue weighted by atomic mass is 19.1. The number of aliphatic imine (C=N–C) groups is 1. The van der Waals surface area contributed by atoms with Crippen molar-refractivity contribution in [3.05, 3.63) is 65.2 Å². The number of rotatable bonds is 8. The van der Waals surface area contributed by atoms with E-state index in [9.17, 15) is 8.78 Å². The normalized spacial score (nSPS) is 12.8.